The van der Waals surface area contributed by atoms with E-state index in [-0.39, 0.29) is 22.7 Å². The van der Waals surface area contributed by atoms with Gasteiger partial charge in [0.05, 0.1) is 10.6 Å². The van der Waals surface area contributed by atoms with Crippen molar-refractivity contribution in [2.45, 2.75) is 44.0 Å². The third-order valence-electron chi connectivity index (χ3n) is 5.38. The van der Waals surface area contributed by atoms with Crippen LogP contribution in [-0.2, 0) is 10.0 Å². The van der Waals surface area contributed by atoms with Crippen molar-refractivity contribution < 1.29 is 17.9 Å². The number of benzene rings is 2. The molecule has 0 bridgehead atoms. The van der Waals surface area contributed by atoms with E-state index in [1.807, 2.05) is 13.0 Å². The number of carbonyl (C=O) groups is 1. The topological polar surface area (TPSA) is 97.4 Å². The Morgan fingerprint density at radius 1 is 1.06 bits per heavy atom. The van der Waals surface area contributed by atoms with Crippen LogP contribution in [0.2, 0.25) is 0 Å². The summed E-state index contributed by atoms with van der Waals surface area (Å²) in [4.78, 5) is 17.0. The van der Waals surface area contributed by atoms with E-state index in [0.29, 0.717) is 22.6 Å². The number of hydrogen-bond donors (Lipinski definition) is 2. The first-order valence-electron chi connectivity index (χ1n) is 10.5. The smallest absolute Gasteiger partial charge is 0.262 e. The van der Waals surface area contributed by atoms with Gasteiger partial charge in [-0.25, -0.2) is 13.4 Å². The van der Waals surface area contributed by atoms with Crippen LogP contribution in [0.25, 0.3) is 0 Å². The lowest BCUT2D eigenvalue weighted by Gasteiger charge is -2.26. The molecule has 32 heavy (non-hydrogen) atoms. The summed E-state index contributed by atoms with van der Waals surface area (Å²) in [6.45, 7) is 3.67. The predicted molar refractivity (Wildman–Crippen MR) is 123 cm³/mol. The van der Waals surface area contributed by atoms with Crippen LogP contribution in [0.3, 0.4) is 0 Å². The molecule has 0 radical (unpaired) electrons. The van der Waals surface area contributed by atoms with Crippen LogP contribution in [-0.4, -0.2) is 25.4 Å². The van der Waals surface area contributed by atoms with Gasteiger partial charge in [-0.15, -0.1) is 0 Å². The Labute approximate surface area is 187 Å². The summed E-state index contributed by atoms with van der Waals surface area (Å²) in [5.74, 6) is 0.297. The Balaban J connectivity index is 1.53. The number of ether oxygens (including phenoxy) is 1. The van der Waals surface area contributed by atoms with E-state index in [4.69, 9.17) is 4.74 Å². The molecule has 1 aliphatic carbocycles. The summed E-state index contributed by atoms with van der Waals surface area (Å²) in [6.07, 6.45) is 4.62. The van der Waals surface area contributed by atoms with E-state index < -0.39 is 10.0 Å². The fourth-order valence-corrected chi connectivity index (χ4v) is 4.78. The number of pyridine rings is 1. The predicted octanol–water partition coefficient (Wildman–Crippen LogP) is 4.57. The molecule has 0 unspecified atom stereocenters. The Bertz CT molecular complexity index is 1250. The molecule has 2 N–H and O–H groups in total. The molecular weight excluding hydrogens is 426 g/mol. The van der Waals surface area contributed by atoms with Gasteiger partial charge < -0.3 is 10.1 Å². The number of amides is 1. The van der Waals surface area contributed by atoms with Gasteiger partial charge in [-0.1, -0.05) is 23.8 Å². The first-order valence-corrected chi connectivity index (χ1v) is 11.9. The van der Waals surface area contributed by atoms with Gasteiger partial charge >= 0.3 is 0 Å². The lowest BCUT2D eigenvalue weighted by Crippen LogP contribution is -2.39. The molecule has 7 nitrogen and oxygen atoms in total. The fraction of sp³-hybridized carbons (Fsp3) is 0.250. The molecule has 1 aliphatic rings. The van der Waals surface area contributed by atoms with Gasteiger partial charge in [0.15, 0.2) is 0 Å². The van der Waals surface area contributed by atoms with E-state index in [9.17, 15) is 13.2 Å². The quantitative estimate of drug-likeness (QED) is 0.548. The van der Waals surface area contributed by atoms with Crippen LogP contribution in [0.15, 0.2) is 65.7 Å². The number of nitrogens with zero attached hydrogens (tertiary/aromatic N) is 1. The van der Waals surface area contributed by atoms with Crippen molar-refractivity contribution in [3.05, 3.63) is 77.5 Å². The molecule has 0 spiro atoms. The van der Waals surface area contributed by atoms with Crippen LogP contribution in [0.5, 0.6) is 11.6 Å². The fourth-order valence-electron chi connectivity index (χ4n) is 3.51. The molecule has 166 valence electrons. The van der Waals surface area contributed by atoms with E-state index in [1.165, 1.54) is 0 Å². The molecule has 0 atom stereocenters. The first-order chi connectivity index (χ1) is 15.3. The Kier molecular flexibility index (Phi) is 6.14. The number of aryl methyl sites for hydroxylation is 2. The van der Waals surface area contributed by atoms with Gasteiger partial charge in [0.2, 0.25) is 5.88 Å². The number of rotatable bonds is 7. The maximum absolute atomic E-state index is 12.9. The minimum Gasteiger partial charge on any atom is -0.438 e. The van der Waals surface area contributed by atoms with Gasteiger partial charge in [0.25, 0.3) is 15.9 Å². The van der Waals surface area contributed by atoms with E-state index in [2.05, 4.69) is 15.0 Å². The Hall–Kier alpha value is -3.39. The third kappa shape index (κ3) is 4.91. The van der Waals surface area contributed by atoms with E-state index in [1.54, 1.807) is 61.7 Å². The average molecular weight is 452 g/mol. The van der Waals surface area contributed by atoms with Crippen molar-refractivity contribution in [2.24, 2.45) is 0 Å². The lowest BCUT2D eigenvalue weighted by atomic mass is 9.93. The van der Waals surface area contributed by atoms with Gasteiger partial charge in [0.1, 0.15) is 11.3 Å². The zero-order chi connectivity index (χ0) is 22.7. The molecule has 4 rings (SSSR count). The van der Waals surface area contributed by atoms with Crippen LogP contribution in [0, 0.1) is 13.8 Å². The molecule has 1 aromatic heterocycles. The monoisotopic (exact) mass is 451 g/mol. The number of carbonyl (C=O) groups excluding carboxylic acids is 1. The summed E-state index contributed by atoms with van der Waals surface area (Å²) in [5, 5.41) is 2.98. The molecule has 1 fully saturated rings. The zero-order valence-corrected chi connectivity index (χ0v) is 18.8. The second-order valence-electron chi connectivity index (χ2n) is 7.96. The van der Waals surface area contributed by atoms with Crippen molar-refractivity contribution in [1.82, 2.24) is 10.3 Å². The Morgan fingerprint density at radius 2 is 1.88 bits per heavy atom. The highest BCUT2D eigenvalue weighted by molar-refractivity contribution is 7.92. The molecule has 8 heteroatoms. The molecule has 0 saturated heterocycles. The van der Waals surface area contributed by atoms with E-state index in [0.717, 1.165) is 24.8 Å². The standard InChI is InChI=1S/C24H25N3O4S/c1-16-11-12-22(17(2)14-16)32(29,30)27-19-8-4-9-20(15-19)31-24-21(10-5-13-25-24)23(28)26-18-6-3-7-18/h4-5,8-15,18,27H,3,6-7H2,1-2H3,(H,26,28). The van der Waals surface area contributed by atoms with Gasteiger partial charge in [-0.05, 0) is 69.0 Å². The Morgan fingerprint density at radius 3 is 2.59 bits per heavy atom. The summed E-state index contributed by atoms with van der Waals surface area (Å²) >= 11 is 0. The largest absolute Gasteiger partial charge is 0.438 e. The number of aromatic nitrogens is 1. The van der Waals surface area contributed by atoms with Crippen molar-refractivity contribution in [2.75, 3.05) is 4.72 Å². The van der Waals surface area contributed by atoms with Gasteiger partial charge in [-0.3, -0.25) is 9.52 Å². The normalized spacial score (nSPS) is 13.8. The highest BCUT2D eigenvalue weighted by Gasteiger charge is 2.23. The molecule has 2 aromatic carbocycles. The summed E-state index contributed by atoms with van der Waals surface area (Å²) in [7, 11) is -3.77. The number of nitrogens with one attached hydrogen (secondary N) is 2. The van der Waals surface area contributed by atoms with Crippen LogP contribution >= 0.6 is 0 Å². The minimum atomic E-state index is -3.77. The highest BCUT2D eigenvalue weighted by atomic mass is 32.2. The third-order valence-corrected chi connectivity index (χ3v) is 6.92. The van der Waals surface area contributed by atoms with Gasteiger partial charge in [0, 0.05) is 18.3 Å². The minimum absolute atomic E-state index is 0.165. The maximum atomic E-state index is 12.9. The second kappa shape index (κ2) is 9.00. The molecule has 1 heterocycles. The SMILES string of the molecule is Cc1ccc(S(=O)(=O)Nc2cccc(Oc3ncccc3C(=O)NC3CCC3)c2)c(C)c1. The number of sulfonamides is 1. The van der Waals surface area contributed by atoms with Crippen molar-refractivity contribution in [1.29, 1.82) is 0 Å². The summed E-state index contributed by atoms with van der Waals surface area (Å²) in [5.41, 5.74) is 2.34. The van der Waals surface area contributed by atoms with Crippen molar-refractivity contribution in [3.63, 3.8) is 0 Å². The van der Waals surface area contributed by atoms with E-state index >= 15 is 0 Å². The summed E-state index contributed by atoms with van der Waals surface area (Å²) < 4.78 is 34.2. The molecular formula is C24H25N3O4S. The van der Waals surface area contributed by atoms with Crippen LogP contribution < -0.4 is 14.8 Å². The van der Waals surface area contributed by atoms with Crippen LogP contribution in [0.1, 0.15) is 40.7 Å². The van der Waals surface area contributed by atoms with Crippen molar-refractivity contribution >= 4 is 21.6 Å². The number of anilines is 1. The summed E-state index contributed by atoms with van der Waals surface area (Å²) in [6, 6.07) is 15.3. The molecule has 1 saturated carbocycles. The second-order valence-corrected chi connectivity index (χ2v) is 9.61. The molecule has 1 amide bonds. The van der Waals surface area contributed by atoms with Crippen molar-refractivity contribution in [3.8, 4) is 11.6 Å². The van der Waals surface area contributed by atoms with Crippen LogP contribution in [0.4, 0.5) is 5.69 Å². The lowest BCUT2D eigenvalue weighted by molar-refractivity contribution is 0.0914. The number of hydrogen-bond acceptors (Lipinski definition) is 5. The van der Waals surface area contributed by atoms with Gasteiger partial charge in [-0.2, -0.15) is 0 Å². The zero-order valence-electron chi connectivity index (χ0n) is 18.0. The highest BCUT2D eigenvalue weighted by Crippen LogP contribution is 2.28. The first kappa shape index (κ1) is 21.8. The molecule has 3 aromatic rings. The molecule has 0 aliphatic heterocycles. The average Bonchev–Trinajstić information content (AvgIpc) is 2.70. The maximum Gasteiger partial charge on any atom is 0.262 e.